The molecular weight excluding hydrogens is 198 g/mol. The predicted molar refractivity (Wildman–Crippen MR) is 57.2 cm³/mol. The van der Waals surface area contributed by atoms with Crippen molar-refractivity contribution in [3.8, 4) is 0 Å². The summed E-state index contributed by atoms with van der Waals surface area (Å²) in [6.45, 7) is 0.827. The Kier molecular flexibility index (Phi) is 4.78. The van der Waals surface area contributed by atoms with Crippen molar-refractivity contribution in [1.29, 1.82) is 0 Å². The Morgan fingerprint density at radius 1 is 1.71 bits per heavy atom. The number of hydrogen-bond acceptors (Lipinski definition) is 4. The molecule has 14 heavy (non-hydrogen) atoms. The van der Waals surface area contributed by atoms with Gasteiger partial charge in [-0.3, -0.25) is 0 Å². The molecule has 0 atom stereocenters. The molecule has 0 saturated heterocycles. The maximum atomic E-state index is 10.7. The second kappa shape index (κ2) is 6.21. The lowest BCUT2D eigenvalue weighted by molar-refractivity contribution is -0.134. The lowest BCUT2D eigenvalue weighted by atomic mass is 10.3. The first-order chi connectivity index (χ1) is 6.83. The molecule has 1 heterocycles. The van der Waals surface area contributed by atoms with Gasteiger partial charge in [-0.25, -0.2) is 4.79 Å². The highest BCUT2D eigenvalue weighted by atomic mass is 32.1. The van der Waals surface area contributed by atoms with Crippen LogP contribution in [0.3, 0.4) is 0 Å². The number of hydrogen-bond donors (Lipinski definition) is 1. The molecule has 0 amide bonds. The van der Waals surface area contributed by atoms with Gasteiger partial charge in [-0.2, -0.15) is 0 Å². The summed E-state index contributed by atoms with van der Waals surface area (Å²) in [6.07, 6.45) is 3.96. The molecule has 76 valence electrons. The Morgan fingerprint density at radius 2 is 2.57 bits per heavy atom. The van der Waals surface area contributed by atoms with E-state index in [1.807, 2.05) is 6.07 Å². The zero-order valence-corrected chi connectivity index (χ0v) is 8.84. The molecule has 1 rings (SSSR count). The second-order valence-electron chi connectivity index (χ2n) is 2.64. The Balaban J connectivity index is 2.10. The van der Waals surface area contributed by atoms with Crippen molar-refractivity contribution < 1.29 is 9.53 Å². The van der Waals surface area contributed by atoms with Crippen molar-refractivity contribution in [1.82, 2.24) is 5.32 Å². The van der Waals surface area contributed by atoms with E-state index in [4.69, 9.17) is 0 Å². The van der Waals surface area contributed by atoms with Crippen LogP contribution in [-0.4, -0.2) is 19.6 Å². The minimum absolute atomic E-state index is 0.339. The Bertz CT molecular complexity index is 293. The fraction of sp³-hybridized carbons (Fsp3) is 0.300. The summed E-state index contributed by atoms with van der Waals surface area (Å²) in [6, 6.07) is 4.13. The van der Waals surface area contributed by atoms with E-state index >= 15 is 0 Å². The van der Waals surface area contributed by atoms with Gasteiger partial charge < -0.3 is 10.1 Å². The number of esters is 1. The minimum atomic E-state index is -0.339. The lowest BCUT2D eigenvalue weighted by Crippen LogP contribution is -2.10. The minimum Gasteiger partial charge on any atom is -0.466 e. The second-order valence-corrected chi connectivity index (χ2v) is 3.67. The van der Waals surface area contributed by atoms with Crippen LogP contribution >= 0.6 is 11.3 Å². The van der Waals surface area contributed by atoms with Crippen LogP contribution in [0.2, 0.25) is 0 Å². The molecule has 0 aliphatic carbocycles. The van der Waals surface area contributed by atoms with Crippen LogP contribution in [-0.2, 0) is 16.0 Å². The molecular formula is C10H13NO2S. The average molecular weight is 211 g/mol. The summed E-state index contributed by atoms with van der Waals surface area (Å²) < 4.78 is 4.44. The van der Waals surface area contributed by atoms with E-state index < -0.39 is 0 Å². The smallest absolute Gasteiger partial charge is 0.331 e. The summed E-state index contributed by atoms with van der Waals surface area (Å²) >= 11 is 1.74. The summed E-state index contributed by atoms with van der Waals surface area (Å²) in [7, 11) is 1.36. The molecule has 0 aliphatic heterocycles. The Labute approximate surface area is 87.4 Å². The quantitative estimate of drug-likeness (QED) is 0.456. The fourth-order valence-electron chi connectivity index (χ4n) is 0.929. The van der Waals surface area contributed by atoms with Crippen molar-refractivity contribution in [3.63, 3.8) is 0 Å². The molecule has 4 heteroatoms. The summed E-state index contributed by atoms with van der Waals surface area (Å²) in [5, 5.41) is 5.07. The highest BCUT2D eigenvalue weighted by molar-refractivity contribution is 7.09. The van der Waals surface area contributed by atoms with E-state index in [1.165, 1.54) is 18.1 Å². The van der Waals surface area contributed by atoms with Gasteiger partial charge in [0.05, 0.1) is 7.11 Å². The molecule has 0 aliphatic rings. The lowest BCUT2D eigenvalue weighted by Gasteiger charge is -1.97. The van der Waals surface area contributed by atoms with Crippen LogP contribution in [0.4, 0.5) is 0 Å². The first-order valence-corrected chi connectivity index (χ1v) is 5.21. The molecule has 1 aromatic rings. The molecule has 1 aromatic heterocycles. The maximum absolute atomic E-state index is 10.7. The number of nitrogens with one attached hydrogen (secondary N) is 1. The third kappa shape index (κ3) is 4.09. The average Bonchev–Trinajstić information content (AvgIpc) is 2.69. The number of thiophene rings is 1. The van der Waals surface area contributed by atoms with E-state index in [-0.39, 0.29) is 5.97 Å². The Hall–Kier alpha value is -1.29. The highest BCUT2D eigenvalue weighted by Gasteiger charge is 1.92. The number of carbonyl (C=O) groups is 1. The molecule has 0 saturated carbocycles. The first kappa shape index (κ1) is 10.8. The van der Waals surface area contributed by atoms with Crippen molar-refractivity contribution in [2.75, 3.05) is 13.7 Å². The first-order valence-electron chi connectivity index (χ1n) is 4.33. The van der Waals surface area contributed by atoms with Gasteiger partial charge in [0.2, 0.25) is 0 Å². The van der Waals surface area contributed by atoms with Gasteiger partial charge in [0, 0.05) is 23.7 Å². The van der Waals surface area contributed by atoms with Gasteiger partial charge in [-0.05, 0) is 17.9 Å². The number of rotatable bonds is 5. The zero-order valence-electron chi connectivity index (χ0n) is 8.03. The van der Waals surface area contributed by atoms with E-state index in [0.717, 1.165) is 13.0 Å². The SMILES string of the molecule is COC(=O)/C=C/NCCc1cccs1. The van der Waals surface area contributed by atoms with Crippen molar-refractivity contribution in [2.45, 2.75) is 6.42 Å². The van der Waals surface area contributed by atoms with Crippen LogP contribution in [0.25, 0.3) is 0 Å². The molecule has 1 N–H and O–H groups in total. The van der Waals surface area contributed by atoms with Gasteiger partial charge in [-0.1, -0.05) is 6.07 Å². The van der Waals surface area contributed by atoms with Crippen LogP contribution in [0.5, 0.6) is 0 Å². The summed E-state index contributed by atoms with van der Waals surface area (Å²) in [4.78, 5) is 12.0. The van der Waals surface area contributed by atoms with E-state index in [1.54, 1.807) is 17.5 Å². The van der Waals surface area contributed by atoms with Crippen LogP contribution < -0.4 is 5.32 Å². The van der Waals surface area contributed by atoms with Gasteiger partial charge in [-0.15, -0.1) is 11.3 Å². The number of ether oxygens (including phenoxy) is 1. The van der Waals surface area contributed by atoms with Crippen molar-refractivity contribution in [2.24, 2.45) is 0 Å². The maximum Gasteiger partial charge on any atom is 0.331 e. The van der Waals surface area contributed by atoms with E-state index in [9.17, 15) is 4.79 Å². The topological polar surface area (TPSA) is 38.3 Å². The van der Waals surface area contributed by atoms with Gasteiger partial charge in [0.1, 0.15) is 0 Å². The number of methoxy groups -OCH3 is 1. The van der Waals surface area contributed by atoms with E-state index in [0.29, 0.717) is 0 Å². The molecule has 3 nitrogen and oxygen atoms in total. The van der Waals surface area contributed by atoms with Crippen LogP contribution in [0.1, 0.15) is 4.88 Å². The van der Waals surface area contributed by atoms with Crippen LogP contribution in [0.15, 0.2) is 29.8 Å². The largest absolute Gasteiger partial charge is 0.466 e. The molecule has 0 unspecified atom stereocenters. The standard InChI is InChI=1S/C10H13NO2S/c1-13-10(12)5-7-11-6-4-9-3-2-8-14-9/h2-3,5,7-8,11H,4,6H2,1H3/b7-5+. The fourth-order valence-corrected chi connectivity index (χ4v) is 1.64. The molecule has 0 aromatic carbocycles. The third-order valence-electron chi connectivity index (χ3n) is 1.63. The van der Waals surface area contributed by atoms with Gasteiger partial charge in [0.25, 0.3) is 0 Å². The summed E-state index contributed by atoms with van der Waals surface area (Å²) in [5.41, 5.74) is 0. The number of carbonyl (C=O) groups excluding carboxylic acids is 1. The molecule has 0 radical (unpaired) electrons. The van der Waals surface area contributed by atoms with Crippen molar-refractivity contribution in [3.05, 3.63) is 34.7 Å². The molecule has 0 bridgehead atoms. The van der Waals surface area contributed by atoms with E-state index in [2.05, 4.69) is 21.5 Å². The third-order valence-corrected chi connectivity index (χ3v) is 2.57. The monoisotopic (exact) mass is 211 g/mol. The van der Waals surface area contributed by atoms with Gasteiger partial charge in [0.15, 0.2) is 0 Å². The molecule has 0 spiro atoms. The Morgan fingerprint density at radius 3 is 3.21 bits per heavy atom. The van der Waals surface area contributed by atoms with Crippen LogP contribution in [0, 0.1) is 0 Å². The normalized spacial score (nSPS) is 10.4. The highest BCUT2D eigenvalue weighted by Crippen LogP contribution is 2.07. The van der Waals surface area contributed by atoms with Crippen molar-refractivity contribution >= 4 is 17.3 Å². The molecule has 0 fully saturated rings. The predicted octanol–water partition coefficient (Wildman–Crippen LogP) is 1.57. The zero-order chi connectivity index (χ0) is 10.2. The van der Waals surface area contributed by atoms with Gasteiger partial charge >= 0.3 is 5.97 Å². The summed E-state index contributed by atoms with van der Waals surface area (Å²) in [5.74, 6) is -0.339.